The van der Waals surface area contributed by atoms with Crippen LogP contribution in [0.2, 0.25) is 0 Å². The van der Waals surface area contributed by atoms with E-state index in [-0.39, 0.29) is 5.90 Å². The lowest BCUT2D eigenvalue weighted by Crippen LogP contribution is -2.36. The highest BCUT2D eigenvalue weighted by molar-refractivity contribution is 5.89. The molecule has 0 unspecified atom stereocenters. The van der Waals surface area contributed by atoms with Gasteiger partial charge in [0.15, 0.2) is 0 Å². The maximum Gasteiger partial charge on any atom is 0.238 e. The molecular formula is C20H16N2O. The molecule has 3 rings (SSSR count). The van der Waals surface area contributed by atoms with E-state index >= 15 is 0 Å². The molecule has 0 bridgehead atoms. The first-order chi connectivity index (χ1) is 11.3. The SMILES string of the molecule is [O-]/C(=N\[n+]1ccccc1/C=C/c1ccccc1)c1ccccc1. The van der Waals surface area contributed by atoms with Crippen molar-refractivity contribution in [3.63, 3.8) is 0 Å². The van der Waals surface area contributed by atoms with Crippen molar-refractivity contribution < 1.29 is 9.78 Å². The van der Waals surface area contributed by atoms with Crippen molar-refractivity contribution in [2.75, 3.05) is 0 Å². The van der Waals surface area contributed by atoms with Crippen LogP contribution in [-0.4, -0.2) is 5.90 Å². The first-order valence-electron chi connectivity index (χ1n) is 7.38. The second kappa shape index (κ2) is 7.18. The molecule has 0 radical (unpaired) electrons. The number of hydrogen-bond acceptors (Lipinski definition) is 2. The lowest BCUT2D eigenvalue weighted by molar-refractivity contribution is -0.683. The average Bonchev–Trinajstić information content (AvgIpc) is 2.62. The van der Waals surface area contributed by atoms with Crippen LogP contribution in [0.4, 0.5) is 0 Å². The Labute approximate surface area is 135 Å². The second-order valence-corrected chi connectivity index (χ2v) is 4.99. The van der Waals surface area contributed by atoms with E-state index in [1.54, 1.807) is 23.0 Å². The van der Waals surface area contributed by atoms with E-state index in [1.807, 2.05) is 78.9 Å². The van der Waals surface area contributed by atoms with E-state index < -0.39 is 0 Å². The number of aromatic nitrogens is 1. The van der Waals surface area contributed by atoms with E-state index in [0.29, 0.717) is 5.56 Å². The van der Waals surface area contributed by atoms with Crippen molar-refractivity contribution in [1.82, 2.24) is 0 Å². The van der Waals surface area contributed by atoms with Gasteiger partial charge < -0.3 is 5.11 Å². The molecule has 0 saturated heterocycles. The highest BCUT2D eigenvalue weighted by atomic mass is 16.3. The van der Waals surface area contributed by atoms with Crippen LogP contribution in [0, 0.1) is 0 Å². The molecule has 3 heteroatoms. The van der Waals surface area contributed by atoms with Crippen LogP contribution in [0.3, 0.4) is 0 Å². The predicted octanol–water partition coefficient (Wildman–Crippen LogP) is 2.71. The largest absolute Gasteiger partial charge is 0.854 e. The molecule has 3 nitrogen and oxygen atoms in total. The molecule has 0 atom stereocenters. The van der Waals surface area contributed by atoms with Gasteiger partial charge in [0.1, 0.15) is 0 Å². The molecule has 3 aromatic rings. The molecule has 23 heavy (non-hydrogen) atoms. The first kappa shape index (κ1) is 14.7. The monoisotopic (exact) mass is 300 g/mol. The van der Waals surface area contributed by atoms with Gasteiger partial charge in [-0.05, 0) is 28.4 Å². The Morgan fingerprint density at radius 1 is 0.783 bits per heavy atom. The Balaban J connectivity index is 1.91. The van der Waals surface area contributed by atoms with Gasteiger partial charge in [0.05, 0.1) is 5.90 Å². The summed E-state index contributed by atoms with van der Waals surface area (Å²) in [6, 6.07) is 24.7. The van der Waals surface area contributed by atoms with Gasteiger partial charge in [0.2, 0.25) is 11.9 Å². The Morgan fingerprint density at radius 2 is 1.43 bits per heavy atom. The van der Waals surface area contributed by atoms with Crippen LogP contribution < -0.4 is 9.78 Å². The Kier molecular flexibility index (Phi) is 4.60. The van der Waals surface area contributed by atoms with Gasteiger partial charge in [-0.25, -0.2) is 0 Å². The summed E-state index contributed by atoms with van der Waals surface area (Å²) in [5.74, 6) is -0.267. The van der Waals surface area contributed by atoms with Crippen LogP contribution in [0.25, 0.3) is 12.2 Å². The van der Waals surface area contributed by atoms with Crippen LogP contribution in [-0.2, 0) is 0 Å². The molecular weight excluding hydrogens is 284 g/mol. The summed E-state index contributed by atoms with van der Waals surface area (Å²) in [6.07, 6.45) is 5.71. The highest BCUT2D eigenvalue weighted by Gasteiger charge is 2.05. The molecule has 112 valence electrons. The van der Waals surface area contributed by atoms with Crippen LogP contribution in [0.15, 0.2) is 90.2 Å². The van der Waals surface area contributed by atoms with E-state index in [4.69, 9.17) is 0 Å². The maximum atomic E-state index is 12.2. The number of pyridine rings is 1. The van der Waals surface area contributed by atoms with Crippen molar-refractivity contribution in [2.24, 2.45) is 5.10 Å². The minimum absolute atomic E-state index is 0.267. The number of benzene rings is 2. The van der Waals surface area contributed by atoms with Gasteiger partial charge in [0.25, 0.3) is 0 Å². The molecule has 0 amide bonds. The zero-order valence-electron chi connectivity index (χ0n) is 12.5. The first-order valence-corrected chi connectivity index (χ1v) is 7.38. The van der Waals surface area contributed by atoms with Gasteiger partial charge >= 0.3 is 0 Å². The minimum Gasteiger partial charge on any atom is -0.854 e. The summed E-state index contributed by atoms with van der Waals surface area (Å²) in [7, 11) is 0. The van der Waals surface area contributed by atoms with Crippen LogP contribution in [0.1, 0.15) is 16.8 Å². The topological polar surface area (TPSA) is 39.3 Å². The lowest BCUT2D eigenvalue weighted by Gasteiger charge is -2.06. The maximum absolute atomic E-state index is 12.2. The van der Waals surface area contributed by atoms with Crippen molar-refractivity contribution in [2.45, 2.75) is 0 Å². The summed E-state index contributed by atoms with van der Waals surface area (Å²) >= 11 is 0. The zero-order valence-corrected chi connectivity index (χ0v) is 12.5. The summed E-state index contributed by atoms with van der Waals surface area (Å²) in [5, 5.41) is 16.4. The molecule has 0 saturated carbocycles. The number of rotatable bonds is 4. The Hall–Kier alpha value is -3.20. The van der Waals surface area contributed by atoms with Gasteiger partial charge in [-0.1, -0.05) is 65.3 Å². The molecule has 0 spiro atoms. The smallest absolute Gasteiger partial charge is 0.238 e. The molecule has 1 heterocycles. The molecule has 1 aromatic heterocycles. The molecule has 0 aliphatic heterocycles. The lowest BCUT2D eigenvalue weighted by atomic mass is 10.2. The molecule has 0 aliphatic carbocycles. The summed E-state index contributed by atoms with van der Waals surface area (Å²) in [5.41, 5.74) is 2.50. The van der Waals surface area contributed by atoms with Gasteiger partial charge in [-0.2, -0.15) is 0 Å². The second-order valence-electron chi connectivity index (χ2n) is 4.99. The van der Waals surface area contributed by atoms with Crippen molar-refractivity contribution in [3.8, 4) is 0 Å². The minimum atomic E-state index is -0.267. The van der Waals surface area contributed by atoms with Crippen LogP contribution >= 0.6 is 0 Å². The summed E-state index contributed by atoms with van der Waals surface area (Å²) < 4.78 is 1.59. The molecule has 0 fully saturated rings. The number of nitrogens with zero attached hydrogens (tertiary/aromatic N) is 2. The Bertz CT molecular complexity index is 825. The van der Waals surface area contributed by atoms with Crippen molar-refractivity contribution in [1.29, 1.82) is 0 Å². The highest BCUT2D eigenvalue weighted by Crippen LogP contribution is 2.05. The molecule has 0 N–H and O–H groups in total. The van der Waals surface area contributed by atoms with E-state index in [9.17, 15) is 5.11 Å². The fourth-order valence-electron chi connectivity index (χ4n) is 2.15. The average molecular weight is 300 g/mol. The normalized spacial score (nSPS) is 11.7. The third-order valence-corrected chi connectivity index (χ3v) is 3.34. The summed E-state index contributed by atoms with van der Waals surface area (Å²) in [6.45, 7) is 0. The van der Waals surface area contributed by atoms with Crippen LogP contribution in [0.5, 0.6) is 0 Å². The van der Waals surface area contributed by atoms with Gasteiger partial charge in [-0.3, -0.25) is 0 Å². The quantitative estimate of drug-likeness (QED) is 0.415. The van der Waals surface area contributed by atoms with E-state index in [0.717, 1.165) is 11.3 Å². The standard InChI is InChI=1S/C20H16N2O/c23-20(18-11-5-2-6-12-18)21-22-16-8-7-13-19(22)15-14-17-9-3-1-4-10-17/h1-16H/b15-14+. The third-order valence-electron chi connectivity index (χ3n) is 3.34. The Morgan fingerprint density at radius 3 is 2.17 bits per heavy atom. The molecule has 2 aromatic carbocycles. The zero-order chi connectivity index (χ0) is 15.9. The summed E-state index contributed by atoms with van der Waals surface area (Å²) in [4.78, 5) is 0. The number of hydrogen-bond donors (Lipinski definition) is 0. The van der Waals surface area contributed by atoms with Gasteiger partial charge in [0, 0.05) is 18.2 Å². The fourth-order valence-corrected chi connectivity index (χ4v) is 2.15. The van der Waals surface area contributed by atoms with Crippen molar-refractivity contribution in [3.05, 3.63) is 102 Å². The fraction of sp³-hybridized carbons (Fsp3) is 0. The van der Waals surface area contributed by atoms with Crippen molar-refractivity contribution >= 4 is 18.0 Å². The molecule has 0 aliphatic rings. The van der Waals surface area contributed by atoms with E-state index in [1.165, 1.54) is 0 Å². The third kappa shape index (κ3) is 3.92. The van der Waals surface area contributed by atoms with Gasteiger partial charge in [-0.15, -0.1) is 0 Å². The predicted molar refractivity (Wildman–Crippen MR) is 90.4 cm³/mol. The van der Waals surface area contributed by atoms with E-state index in [2.05, 4.69) is 5.10 Å².